The SMILES string of the molecule is Cc1cnc(C(=O)N2CCN(CC(=O)NC(C)(C)C)CC2)cn1. The molecule has 2 amide bonds. The van der Waals surface area contributed by atoms with E-state index >= 15 is 0 Å². The van der Waals surface area contributed by atoms with Gasteiger partial charge in [0.05, 0.1) is 18.4 Å². The standard InChI is InChI=1S/C16H25N5O2/c1-12-9-18-13(10-17-12)15(23)21-7-5-20(6-8-21)11-14(22)19-16(2,3)4/h9-10H,5-8,11H2,1-4H3,(H,19,22). The summed E-state index contributed by atoms with van der Waals surface area (Å²) in [5, 5.41) is 2.95. The fourth-order valence-electron chi connectivity index (χ4n) is 2.43. The van der Waals surface area contributed by atoms with Crippen LogP contribution >= 0.6 is 0 Å². The van der Waals surface area contributed by atoms with Gasteiger partial charge in [-0.25, -0.2) is 4.98 Å². The van der Waals surface area contributed by atoms with Gasteiger partial charge in [0.15, 0.2) is 0 Å². The molecule has 1 aromatic heterocycles. The maximum atomic E-state index is 12.4. The summed E-state index contributed by atoms with van der Waals surface area (Å²) in [6.45, 7) is 10.6. The van der Waals surface area contributed by atoms with E-state index < -0.39 is 0 Å². The van der Waals surface area contributed by atoms with Crippen LogP contribution < -0.4 is 5.32 Å². The maximum absolute atomic E-state index is 12.4. The lowest BCUT2D eigenvalue weighted by molar-refractivity contribution is -0.124. The Morgan fingerprint density at radius 3 is 2.30 bits per heavy atom. The van der Waals surface area contributed by atoms with Crippen molar-refractivity contribution in [2.24, 2.45) is 0 Å². The van der Waals surface area contributed by atoms with E-state index in [0.29, 0.717) is 38.4 Å². The number of carbonyl (C=O) groups excluding carboxylic acids is 2. The van der Waals surface area contributed by atoms with Crippen molar-refractivity contribution in [2.45, 2.75) is 33.2 Å². The summed E-state index contributed by atoms with van der Waals surface area (Å²) in [6, 6.07) is 0. The number of nitrogens with zero attached hydrogens (tertiary/aromatic N) is 4. The molecule has 0 saturated carbocycles. The van der Waals surface area contributed by atoms with E-state index in [9.17, 15) is 9.59 Å². The molecule has 1 aliphatic rings. The number of hydrogen-bond acceptors (Lipinski definition) is 5. The zero-order valence-electron chi connectivity index (χ0n) is 14.3. The van der Waals surface area contributed by atoms with Gasteiger partial charge in [0.2, 0.25) is 5.91 Å². The van der Waals surface area contributed by atoms with Crippen molar-refractivity contribution in [1.82, 2.24) is 25.1 Å². The van der Waals surface area contributed by atoms with Crippen LogP contribution in [0.15, 0.2) is 12.4 Å². The van der Waals surface area contributed by atoms with Crippen molar-refractivity contribution < 1.29 is 9.59 Å². The summed E-state index contributed by atoms with van der Waals surface area (Å²) in [5.74, 6) is -0.0852. The first-order valence-electron chi connectivity index (χ1n) is 7.86. The predicted molar refractivity (Wildman–Crippen MR) is 87.0 cm³/mol. The summed E-state index contributed by atoms with van der Waals surface area (Å²) < 4.78 is 0. The number of nitrogens with one attached hydrogen (secondary N) is 1. The van der Waals surface area contributed by atoms with Gasteiger partial charge in [-0.1, -0.05) is 0 Å². The highest BCUT2D eigenvalue weighted by Gasteiger charge is 2.25. The minimum Gasteiger partial charge on any atom is -0.350 e. The molecule has 1 aromatic rings. The zero-order valence-corrected chi connectivity index (χ0v) is 14.3. The summed E-state index contributed by atoms with van der Waals surface area (Å²) >= 11 is 0. The molecule has 1 N–H and O–H groups in total. The minimum atomic E-state index is -0.223. The molecule has 2 heterocycles. The predicted octanol–water partition coefficient (Wildman–Crippen LogP) is 0.458. The first-order valence-corrected chi connectivity index (χ1v) is 7.86. The van der Waals surface area contributed by atoms with Crippen LogP contribution in [0.1, 0.15) is 37.0 Å². The highest BCUT2D eigenvalue weighted by molar-refractivity contribution is 5.92. The summed E-state index contributed by atoms with van der Waals surface area (Å²) in [5.41, 5.74) is 0.935. The minimum absolute atomic E-state index is 0.0154. The van der Waals surface area contributed by atoms with E-state index in [2.05, 4.69) is 20.2 Å². The Balaban J connectivity index is 1.83. The fourth-order valence-corrected chi connectivity index (χ4v) is 2.43. The number of amides is 2. The van der Waals surface area contributed by atoms with Crippen molar-refractivity contribution in [2.75, 3.05) is 32.7 Å². The first-order chi connectivity index (χ1) is 10.7. The van der Waals surface area contributed by atoms with E-state index in [-0.39, 0.29) is 17.4 Å². The van der Waals surface area contributed by atoms with E-state index in [4.69, 9.17) is 0 Å². The lowest BCUT2D eigenvalue weighted by Crippen LogP contribution is -2.52. The number of rotatable bonds is 3. The molecule has 1 saturated heterocycles. The average Bonchev–Trinajstić information content (AvgIpc) is 2.46. The van der Waals surface area contributed by atoms with E-state index in [1.54, 1.807) is 11.1 Å². The maximum Gasteiger partial charge on any atom is 0.274 e. The van der Waals surface area contributed by atoms with Crippen LogP contribution in [0.2, 0.25) is 0 Å². The molecule has 0 aliphatic carbocycles. The second kappa shape index (κ2) is 7.04. The molecule has 7 nitrogen and oxygen atoms in total. The molecule has 23 heavy (non-hydrogen) atoms. The smallest absolute Gasteiger partial charge is 0.274 e. The molecule has 2 rings (SSSR count). The van der Waals surface area contributed by atoms with Gasteiger partial charge in [-0.05, 0) is 27.7 Å². The molecular formula is C16H25N5O2. The van der Waals surface area contributed by atoms with Crippen molar-refractivity contribution in [3.8, 4) is 0 Å². The van der Waals surface area contributed by atoms with Gasteiger partial charge >= 0.3 is 0 Å². The van der Waals surface area contributed by atoms with Crippen molar-refractivity contribution in [3.63, 3.8) is 0 Å². The Kier molecular flexibility index (Phi) is 5.30. The number of aromatic nitrogens is 2. The lowest BCUT2D eigenvalue weighted by Gasteiger charge is -2.34. The van der Waals surface area contributed by atoms with Crippen LogP contribution in [0.4, 0.5) is 0 Å². The second-order valence-electron chi connectivity index (χ2n) is 6.91. The lowest BCUT2D eigenvalue weighted by atomic mass is 10.1. The molecule has 1 aliphatic heterocycles. The topological polar surface area (TPSA) is 78.4 Å². The monoisotopic (exact) mass is 319 g/mol. The molecule has 0 aromatic carbocycles. The van der Waals surface area contributed by atoms with Gasteiger partial charge in [0, 0.05) is 37.9 Å². The van der Waals surface area contributed by atoms with Gasteiger partial charge in [-0.15, -0.1) is 0 Å². The Morgan fingerprint density at radius 2 is 1.78 bits per heavy atom. The number of hydrogen-bond donors (Lipinski definition) is 1. The highest BCUT2D eigenvalue weighted by atomic mass is 16.2. The van der Waals surface area contributed by atoms with E-state index in [0.717, 1.165) is 5.69 Å². The number of piperazine rings is 1. The Hall–Kier alpha value is -2.02. The summed E-state index contributed by atoms with van der Waals surface area (Å²) in [6.07, 6.45) is 3.11. The molecular weight excluding hydrogens is 294 g/mol. The van der Waals surface area contributed by atoms with Gasteiger partial charge in [0.25, 0.3) is 5.91 Å². The van der Waals surface area contributed by atoms with Gasteiger partial charge < -0.3 is 10.2 Å². The van der Waals surface area contributed by atoms with Crippen LogP contribution in [-0.4, -0.2) is 69.8 Å². The largest absolute Gasteiger partial charge is 0.350 e. The molecule has 0 atom stereocenters. The normalized spacial score (nSPS) is 16.3. The summed E-state index contributed by atoms with van der Waals surface area (Å²) in [4.78, 5) is 36.4. The van der Waals surface area contributed by atoms with Gasteiger partial charge in [0.1, 0.15) is 5.69 Å². The summed E-state index contributed by atoms with van der Waals surface area (Å²) in [7, 11) is 0. The molecule has 7 heteroatoms. The van der Waals surface area contributed by atoms with Crippen LogP contribution in [-0.2, 0) is 4.79 Å². The van der Waals surface area contributed by atoms with Crippen molar-refractivity contribution in [1.29, 1.82) is 0 Å². The molecule has 0 radical (unpaired) electrons. The highest BCUT2D eigenvalue weighted by Crippen LogP contribution is 2.07. The van der Waals surface area contributed by atoms with Crippen LogP contribution in [0.3, 0.4) is 0 Å². The molecule has 0 bridgehead atoms. The Labute approximate surface area is 137 Å². The average molecular weight is 319 g/mol. The first kappa shape index (κ1) is 17.3. The van der Waals surface area contributed by atoms with Crippen molar-refractivity contribution in [3.05, 3.63) is 23.8 Å². The third-order valence-electron chi connectivity index (χ3n) is 3.54. The second-order valence-corrected chi connectivity index (χ2v) is 6.91. The quantitative estimate of drug-likeness (QED) is 0.875. The number of carbonyl (C=O) groups is 2. The van der Waals surface area contributed by atoms with E-state index in [1.165, 1.54) is 6.20 Å². The van der Waals surface area contributed by atoms with Crippen LogP contribution in [0.5, 0.6) is 0 Å². The Bertz CT molecular complexity index is 557. The zero-order chi connectivity index (χ0) is 17.0. The third-order valence-corrected chi connectivity index (χ3v) is 3.54. The Morgan fingerprint density at radius 1 is 1.13 bits per heavy atom. The van der Waals surface area contributed by atoms with E-state index in [1.807, 2.05) is 27.7 Å². The van der Waals surface area contributed by atoms with Gasteiger partial charge in [-0.2, -0.15) is 0 Å². The molecule has 1 fully saturated rings. The molecule has 126 valence electrons. The van der Waals surface area contributed by atoms with Gasteiger partial charge in [-0.3, -0.25) is 19.5 Å². The van der Waals surface area contributed by atoms with Crippen LogP contribution in [0.25, 0.3) is 0 Å². The number of aryl methyl sites for hydroxylation is 1. The molecule has 0 unspecified atom stereocenters. The van der Waals surface area contributed by atoms with Crippen molar-refractivity contribution >= 4 is 11.8 Å². The third kappa shape index (κ3) is 5.28. The molecule has 0 spiro atoms. The fraction of sp³-hybridized carbons (Fsp3) is 0.625. The van der Waals surface area contributed by atoms with Crippen LogP contribution in [0, 0.1) is 6.92 Å².